The molecule has 22 heavy (non-hydrogen) atoms. The first-order valence-corrected chi connectivity index (χ1v) is 7.78. The number of nitrogens with one attached hydrogen (secondary N) is 1. The Morgan fingerprint density at radius 1 is 1.27 bits per heavy atom. The van der Waals surface area contributed by atoms with Crippen molar-refractivity contribution in [1.82, 2.24) is 10.2 Å². The van der Waals surface area contributed by atoms with Gasteiger partial charge in [0.1, 0.15) is 0 Å². The average molecular weight is 304 g/mol. The maximum Gasteiger partial charge on any atom is 0.224 e. The first-order valence-electron chi connectivity index (χ1n) is 7.78. The quantitative estimate of drug-likeness (QED) is 0.894. The van der Waals surface area contributed by atoms with Gasteiger partial charge >= 0.3 is 0 Å². The third-order valence-electron chi connectivity index (χ3n) is 3.80. The van der Waals surface area contributed by atoms with Crippen molar-refractivity contribution in [2.75, 3.05) is 19.7 Å². The molecular formula is C17H24N2O3. The van der Waals surface area contributed by atoms with Crippen LogP contribution in [-0.2, 0) is 20.7 Å². The summed E-state index contributed by atoms with van der Waals surface area (Å²) in [7, 11) is 0. The lowest BCUT2D eigenvalue weighted by Crippen LogP contribution is -2.50. The van der Waals surface area contributed by atoms with Crippen LogP contribution in [0.2, 0.25) is 0 Å². The second-order valence-corrected chi connectivity index (χ2v) is 5.80. The first-order chi connectivity index (χ1) is 10.6. The van der Waals surface area contributed by atoms with Crippen LogP contribution in [0.5, 0.6) is 0 Å². The molecule has 2 rings (SSSR count). The van der Waals surface area contributed by atoms with E-state index in [4.69, 9.17) is 4.74 Å². The molecule has 5 nitrogen and oxygen atoms in total. The van der Waals surface area contributed by atoms with E-state index < -0.39 is 0 Å². The van der Waals surface area contributed by atoms with Crippen LogP contribution < -0.4 is 5.32 Å². The van der Waals surface area contributed by atoms with Crippen LogP contribution in [0.1, 0.15) is 25.8 Å². The highest BCUT2D eigenvalue weighted by molar-refractivity contribution is 5.80. The fourth-order valence-corrected chi connectivity index (χ4v) is 2.55. The predicted molar refractivity (Wildman–Crippen MR) is 84.4 cm³/mol. The smallest absolute Gasteiger partial charge is 0.224 e. The van der Waals surface area contributed by atoms with E-state index in [1.54, 1.807) is 0 Å². The molecule has 0 aromatic heterocycles. The van der Waals surface area contributed by atoms with Gasteiger partial charge < -0.3 is 15.0 Å². The largest absolute Gasteiger partial charge is 0.375 e. The molecule has 1 aliphatic rings. The summed E-state index contributed by atoms with van der Waals surface area (Å²) in [6.07, 6.45) is 0.755. The van der Waals surface area contributed by atoms with Crippen LogP contribution in [-0.4, -0.2) is 48.6 Å². The van der Waals surface area contributed by atoms with Crippen molar-refractivity contribution >= 4 is 11.8 Å². The Morgan fingerprint density at radius 2 is 2.00 bits per heavy atom. The zero-order chi connectivity index (χ0) is 15.9. The van der Waals surface area contributed by atoms with Crippen molar-refractivity contribution in [2.24, 2.45) is 0 Å². The van der Waals surface area contributed by atoms with E-state index in [1.807, 2.05) is 49.1 Å². The van der Waals surface area contributed by atoms with Gasteiger partial charge in [0.05, 0.1) is 25.2 Å². The number of amides is 2. The molecule has 5 heteroatoms. The molecule has 1 heterocycles. The molecule has 1 saturated heterocycles. The van der Waals surface area contributed by atoms with Crippen molar-refractivity contribution in [1.29, 1.82) is 0 Å². The number of carbonyl (C=O) groups is 2. The number of morpholine rings is 1. The monoisotopic (exact) mass is 304 g/mol. The summed E-state index contributed by atoms with van der Waals surface area (Å²) in [5.74, 6) is 0.0186. The molecule has 2 atom stereocenters. The number of benzene rings is 1. The van der Waals surface area contributed by atoms with E-state index >= 15 is 0 Å². The van der Waals surface area contributed by atoms with E-state index in [1.165, 1.54) is 0 Å². The molecule has 2 amide bonds. The van der Waals surface area contributed by atoms with Crippen molar-refractivity contribution in [2.45, 2.75) is 38.8 Å². The Hall–Kier alpha value is -1.88. The Balaban J connectivity index is 1.71. The van der Waals surface area contributed by atoms with E-state index in [2.05, 4.69) is 5.32 Å². The SMILES string of the molecule is CC1CN(C(=O)CCNC(=O)Cc2ccccc2)C(C)CO1. The summed E-state index contributed by atoms with van der Waals surface area (Å²) < 4.78 is 5.52. The van der Waals surface area contributed by atoms with Crippen LogP contribution in [0.3, 0.4) is 0 Å². The van der Waals surface area contributed by atoms with Gasteiger partial charge in [-0.2, -0.15) is 0 Å². The Morgan fingerprint density at radius 3 is 2.73 bits per heavy atom. The normalized spacial score (nSPS) is 21.5. The zero-order valence-corrected chi connectivity index (χ0v) is 13.2. The minimum Gasteiger partial charge on any atom is -0.375 e. The van der Waals surface area contributed by atoms with E-state index in [0.717, 1.165) is 5.56 Å². The number of nitrogens with zero attached hydrogens (tertiary/aromatic N) is 1. The molecular weight excluding hydrogens is 280 g/mol. The minimum atomic E-state index is -0.0533. The molecule has 2 unspecified atom stereocenters. The average Bonchev–Trinajstić information content (AvgIpc) is 2.50. The van der Waals surface area contributed by atoms with Crippen LogP contribution in [0, 0.1) is 0 Å². The molecule has 0 spiro atoms. The number of carbonyl (C=O) groups excluding carboxylic acids is 2. The van der Waals surface area contributed by atoms with Gasteiger partial charge in [-0.3, -0.25) is 9.59 Å². The molecule has 1 aromatic carbocycles. The van der Waals surface area contributed by atoms with Crippen molar-refractivity contribution in [3.63, 3.8) is 0 Å². The lowest BCUT2D eigenvalue weighted by atomic mass is 10.1. The summed E-state index contributed by atoms with van der Waals surface area (Å²) in [4.78, 5) is 25.9. The predicted octanol–water partition coefficient (Wildman–Crippen LogP) is 1.37. The molecule has 0 aliphatic carbocycles. The number of hydrogen-bond donors (Lipinski definition) is 1. The van der Waals surface area contributed by atoms with Crippen LogP contribution in [0.15, 0.2) is 30.3 Å². The van der Waals surface area contributed by atoms with Gasteiger partial charge in [0.15, 0.2) is 0 Å². The van der Waals surface area contributed by atoms with Gasteiger partial charge in [-0.25, -0.2) is 0 Å². The summed E-state index contributed by atoms with van der Waals surface area (Å²) in [6, 6.07) is 9.68. The van der Waals surface area contributed by atoms with Crippen LogP contribution in [0.25, 0.3) is 0 Å². The van der Waals surface area contributed by atoms with Gasteiger partial charge in [-0.15, -0.1) is 0 Å². The lowest BCUT2D eigenvalue weighted by molar-refractivity contribution is -0.143. The van der Waals surface area contributed by atoms with Gasteiger partial charge in [-0.1, -0.05) is 30.3 Å². The van der Waals surface area contributed by atoms with Crippen LogP contribution >= 0.6 is 0 Å². The lowest BCUT2D eigenvalue weighted by Gasteiger charge is -2.36. The molecule has 0 saturated carbocycles. The molecule has 1 aromatic rings. The molecule has 120 valence electrons. The Labute approximate surface area is 131 Å². The standard InChI is InChI=1S/C17H24N2O3/c1-13-12-22-14(2)11-19(13)17(21)8-9-18-16(20)10-15-6-4-3-5-7-15/h3-7,13-14H,8-12H2,1-2H3,(H,18,20). The van der Waals surface area contributed by atoms with Crippen molar-refractivity contribution in [3.8, 4) is 0 Å². The third-order valence-corrected chi connectivity index (χ3v) is 3.80. The fraction of sp³-hybridized carbons (Fsp3) is 0.529. The highest BCUT2D eigenvalue weighted by atomic mass is 16.5. The van der Waals surface area contributed by atoms with E-state index in [-0.39, 0.29) is 24.0 Å². The Kier molecular flexibility index (Phi) is 5.95. The highest BCUT2D eigenvalue weighted by Crippen LogP contribution is 2.12. The summed E-state index contributed by atoms with van der Waals surface area (Å²) >= 11 is 0. The maximum absolute atomic E-state index is 12.2. The van der Waals surface area contributed by atoms with Gasteiger partial charge in [0.2, 0.25) is 11.8 Å². The summed E-state index contributed by atoms with van der Waals surface area (Å²) in [5, 5.41) is 2.81. The first kappa shape index (κ1) is 16.5. The molecule has 0 radical (unpaired) electrons. The third kappa shape index (κ3) is 4.84. The second-order valence-electron chi connectivity index (χ2n) is 5.80. The van der Waals surface area contributed by atoms with E-state index in [9.17, 15) is 9.59 Å². The molecule has 0 bridgehead atoms. The summed E-state index contributed by atoms with van der Waals surface area (Å²) in [6.45, 7) is 5.53. The number of ether oxygens (including phenoxy) is 1. The second kappa shape index (κ2) is 7.94. The minimum absolute atomic E-state index is 0.0533. The number of rotatable bonds is 5. The topological polar surface area (TPSA) is 58.6 Å². The maximum atomic E-state index is 12.2. The fourth-order valence-electron chi connectivity index (χ4n) is 2.55. The zero-order valence-electron chi connectivity index (χ0n) is 13.2. The van der Waals surface area contributed by atoms with Gasteiger partial charge in [0, 0.05) is 19.5 Å². The molecule has 1 aliphatic heterocycles. The summed E-state index contributed by atoms with van der Waals surface area (Å²) in [5.41, 5.74) is 0.974. The molecule has 1 N–H and O–H groups in total. The Bertz CT molecular complexity index is 504. The number of hydrogen-bond acceptors (Lipinski definition) is 3. The van der Waals surface area contributed by atoms with Gasteiger partial charge in [-0.05, 0) is 19.4 Å². The van der Waals surface area contributed by atoms with E-state index in [0.29, 0.717) is 32.5 Å². The van der Waals surface area contributed by atoms with Crippen molar-refractivity contribution in [3.05, 3.63) is 35.9 Å². The van der Waals surface area contributed by atoms with Crippen molar-refractivity contribution < 1.29 is 14.3 Å². The van der Waals surface area contributed by atoms with Gasteiger partial charge in [0.25, 0.3) is 0 Å². The van der Waals surface area contributed by atoms with Crippen LogP contribution in [0.4, 0.5) is 0 Å². The highest BCUT2D eigenvalue weighted by Gasteiger charge is 2.26. The molecule has 1 fully saturated rings.